The quantitative estimate of drug-likeness (QED) is 0.541. The number of imidazole rings is 1. The summed E-state index contributed by atoms with van der Waals surface area (Å²) in [5, 5.41) is 14.2. The molecule has 26 heavy (non-hydrogen) atoms. The van der Waals surface area contributed by atoms with E-state index >= 15 is 0 Å². The van der Waals surface area contributed by atoms with Crippen LogP contribution < -0.4 is 5.73 Å². The van der Waals surface area contributed by atoms with Gasteiger partial charge >= 0.3 is 0 Å². The van der Waals surface area contributed by atoms with Crippen LogP contribution in [0.1, 0.15) is 32.1 Å². The number of nitrogens with zero attached hydrogens (tertiary/aromatic N) is 3. The maximum absolute atomic E-state index is 8.91. The predicted molar refractivity (Wildman–Crippen MR) is 102 cm³/mol. The van der Waals surface area contributed by atoms with E-state index in [1.165, 1.54) is 19.3 Å². The number of aromatic nitrogens is 3. The normalized spacial score (nSPS) is 15.1. The van der Waals surface area contributed by atoms with Gasteiger partial charge in [-0.3, -0.25) is 0 Å². The van der Waals surface area contributed by atoms with Gasteiger partial charge in [-0.15, -0.1) is 5.10 Å². The van der Waals surface area contributed by atoms with E-state index in [4.69, 9.17) is 15.3 Å². The van der Waals surface area contributed by atoms with Crippen LogP contribution in [0.25, 0.3) is 28.1 Å². The Balaban J connectivity index is 0.000000204. The Morgan fingerprint density at radius 1 is 1.08 bits per heavy atom. The molecule has 0 saturated heterocycles. The molecule has 0 bridgehead atoms. The minimum Gasteiger partial charge on any atom is -0.454 e. The lowest BCUT2D eigenvalue weighted by Crippen LogP contribution is -2.09. The fourth-order valence-corrected chi connectivity index (χ4v) is 3.24. The average Bonchev–Trinajstić information content (AvgIpc) is 3.26. The Morgan fingerprint density at radius 3 is 2.62 bits per heavy atom. The third-order valence-electron chi connectivity index (χ3n) is 4.64. The first kappa shape index (κ1) is 16.6. The van der Waals surface area contributed by atoms with E-state index in [0.717, 1.165) is 40.9 Å². The van der Waals surface area contributed by atoms with Gasteiger partial charge in [-0.25, -0.2) is 9.50 Å². The zero-order chi connectivity index (χ0) is 17.9. The summed E-state index contributed by atoms with van der Waals surface area (Å²) in [6.07, 6.45) is 7.66. The molecule has 1 aliphatic carbocycles. The Morgan fingerprint density at radius 2 is 1.88 bits per heavy atom. The summed E-state index contributed by atoms with van der Waals surface area (Å²) < 4.78 is 7.51. The molecule has 0 spiro atoms. The van der Waals surface area contributed by atoms with Crippen molar-refractivity contribution in [2.24, 2.45) is 0 Å². The molecule has 5 rings (SSSR count). The molecule has 0 aliphatic heterocycles. The molecule has 134 valence electrons. The molecule has 0 radical (unpaired) electrons. The van der Waals surface area contributed by atoms with Crippen molar-refractivity contribution in [3.63, 3.8) is 0 Å². The van der Waals surface area contributed by atoms with E-state index in [1.807, 2.05) is 36.4 Å². The number of anilines is 1. The van der Waals surface area contributed by atoms with Crippen LogP contribution in [-0.4, -0.2) is 25.8 Å². The van der Waals surface area contributed by atoms with Crippen molar-refractivity contribution < 1.29 is 9.52 Å². The highest BCUT2D eigenvalue weighted by Crippen LogP contribution is 2.27. The van der Waals surface area contributed by atoms with Gasteiger partial charge in [0.15, 0.2) is 11.4 Å². The van der Waals surface area contributed by atoms with Gasteiger partial charge in [0.1, 0.15) is 17.1 Å². The first-order valence-corrected chi connectivity index (χ1v) is 8.98. The number of furan rings is 1. The largest absolute Gasteiger partial charge is 0.454 e. The van der Waals surface area contributed by atoms with Crippen LogP contribution in [-0.2, 0) is 0 Å². The van der Waals surface area contributed by atoms with E-state index in [-0.39, 0.29) is 6.10 Å². The number of aliphatic hydroxyl groups is 1. The lowest BCUT2D eigenvalue weighted by atomic mass is 9.98. The summed E-state index contributed by atoms with van der Waals surface area (Å²) >= 11 is 0. The number of para-hydroxylation sites is 1. The number of hydrogen-bond acceptors (Lipinski definition) is 5. The lowest BCUT2D eigenvalue weighted by molar-refractivity contribution is 0.130. The standard InChI is InChI=1S/C14H10N4O.C6H12O/c15-13-5-6-14-16-8-10(18(14)17-13)12-7-9-3-1-2-4-11(9)19-12;7-6-4-2-1-3-5-6/h1-8H,(H2,15,17);6-7H,1-5H2. The second-order valence-corrected chi connectivity index (χ2v) is 6.61. The molecule has 0 amide bonds. The molecule has 0 atom stereocenters. The summed E-state index contributed by atoms with van der Waals surface area (Å²) in [4.78, 5) is 4.29. The van der Waals surface area contributed by atoms with E-state index in [2.05, 4.69) is 10.1 Å². The molecular formula is C20H22N4O2. The fourth-order valence-electron chi connectivity index (χ4n) is 3.24. The fraction of sp³-hybridized carbons (Fsp3) is 0.300. The van der Waals surface area contributed by atoms with Crippen molar-refractivity contribution in [2.75, 3.05) is 5.73 Å². The van der Waals surface area contributed by atoms with Crippen molar-refractivity contribution in [3.05, 3.63) is 48.7 Å². The van der Waals surface area contributed by atoms with Crippen molar-refractivity contribution in [1.82, 2.24) is 14.6 Å². The van der Waals surface area contributed by atoms with E-state index in [1.54, 1.807) is 16.8 Å². The van der Waals surface area contributed by atoms with Crippen molar-refractivity contribution in [3.8, 4) is 11.5 Å². The molecule has 1 aromatic carbocycles. The Hall–Kier alpha value is -2.86. The van der Waals surface area contributed by atoms with Crippen LogP contribution in [0.5, 0.6) is 0 Å². The average molecular weight is 350 g/mol. The summed E-state index contributed by atoms with van der Waals surface area (Å²) in [5.74, 6) is 1.18. The molecule has 0 unspecified atom stereocenters. The number of nitrogens with two attached hydrogens (primary N) is 1. The summed E-state index contributed by atoms with van der Waals surface area (Å²) in [6.45, 7) is 0. The molecule has 3 heterocycles. The van der Waals surface area contributed by atoms with Crippen LogP contribution in [0.15, 0.2) is 53.1 Å². The van der Waals surface area contributed by atoms with Gasteiger partial charge in [0.2, 0.25) is 0 Å². The predicted octanol–water partition coefficient (Wildman–Crippen LogP) is 4.04. The highest BCUT2D eigenvalue weighted by atomic mass is 16.3. The molecule has 6 heteroatoms. The zero-order valence-electron chi connectivity index (χ0n) is 14.5. The monoisotopic (exact) mass is 350 g/mol. The molecule has 4 aromatic rings. The minimum absolute atomic E-state index is 0.0359. The first-order chi connectivity index (χ1) is 12.7. The van der Waals surface area contributed by atoms with Gasteiger partial charge in [-0.05, 0) is 37.1 Å². The summed E-state index contributed by atoms with van der Waals surface area (Å²) in [5.41, 5.74) is 8.09. The first-order valence-electron chi connectivity index (χ1n) is 8.98. The molecular weight excluding hydrogens is 328 g/mol. The van der Waals surface area contributed by atoms with E-state index in [0.29, 0.717) is 5.82 Å². The lowest BCUT2D eigenvalue weighted by Gasteiger charge is -2.14. The van der Waals surface area contributed by atoms with Crippen LogP contribution in [0.4, 0.5) is 5.82 Å². The topological polar surface area (TPSA) is 89.6 Å². The van der Waals surface area contributed by atoms with Crippen molar-refractivity contribution in [1.29, 1.82) is 0 Å². The second-order valence-electron chi connectivity index (χ2n) is 6.61. The number of aliphatic hydroxyl groups excluding tert-OH is 1. The molecule has 1 aliphatic rings. The molecule has 3 N–H and O–H groups in total. The highest BCUT2D eigenvalue weighted by molar-refractivity contribution is 5.82. The van der Waals surface area contributed by atoms with Crippen LogP contribution in [0.2, 0.25) is 0 Å². The second kappa shape index (κ2) is 7.17. The van der Waals surface area contributed by atoms with Gasteiger partial charge in [-0.1, -0.05) is 37.5 Å². The third kappa shape index (κ3) is 3.41. The van der Waals surface area contributed by atoms with Crippen molar-refractivity contribution >= 4 is 22.4 Å². The Kier molecular flexibility index (Phi) is 4.58. The zero-order valence-corrected chi connectivity index (χ0v) is 14.5. The maximum atomic E-state index is 8.91. The molecule has 6 nitrogen and oxygen atoms in total. The van der Waals surface area contributed by atoms with Crippen LogP contribution in [0, 0.1) is 0 Å². The smallest absolute Gasteiger partial charge is 0.155 e. The van der Waals surface area contributed by atoms with Crippen LogP contribution in [0.3, 0.4) is 0 Å². The number of hydrogen-bond donors (Lipinski definition) is 2. The maximum Gasteiger partial charge on any atom is 0.155 e. The number of rotatable bonds is 1. The van der Waals surface area contributed by atoms with Gasteiger partial charge in [0.25, 0.3) is 0 Å². The number of benzene rings is 1. The minimum atomic E-state index is 0.0359. The van der Waals surface area contributed by atoms with Gasteiger partial charge in [0.05, 0.1) is 12.3 Å². The summed E-state index contributed by atoms with van der Waals surface area (Å²) in [7, 11) is 0. The van der Waals surface area contributed by atoms with Gasteiger partial charge in [-0.2, -0.15) is 0 Å². The van der Waals surface area contributed by atoms with E-state index in [9.17, 15) is 0 Å². The molecule has 1 saturated carbocycles. The number of fused-ring (bicyclic) bond motifs is 2. The van der Waals surface area contributed by atoms with Gasteiger partial charge < -0.3 is 15.3 Å². The summed E-state index contributed by atoms with van der Waals surface area (Å²) in [6, 6.07) is 13.4. The Labute approximate surface area is 151 Å². The molecule has 1 fully saturated rings. The van der Waals surface area contributed by atoms with Crippen LogP contribution >= 0.6 is 0 Å². The van der Waals surface area contributed by atoms with Crippen molar-refractivity contribution in [2.45, 2.75) is 38.2 Å². The van der Waals surface area contributed by atoms with E-state index < -0.39 is 0 Å². The Bertz CT molecular complexity index is 982. The highest BCUT2D eigenvalue weighted by Gasteiger charge is 2.12. The molecule has 3 aromatic heterocycles. The number of nitrogen functional groups attached to an aromatic ring is 1. The SMILES string of the molecule is Nc1ccc2ncc(-c3cc4ccccc4o3)n2n1.OC1CCCCC1. The van der Waals surface area contributed by atoms with Gasteiger partial charge in [0, 0.05) is 5.39 Å². The third-order valence-corrected chi connectivity index (χ3v) is 4.64.